The number of fused-ring (bicyclic) bond motifs is 1. The molecule has 1 N–H and O–H groups in total. The fourth-order valence-electron chi connectivity index (χ4n) is 2.51. The highest BCUT2D eigenvalue weighted by molar-refractivity contribution is 6.32. The van der Waals surface area contributed by atoms with Crippen LogP contribution in [0.15, 0.2) is 18.2 Å². The van der Waals surface area contributed by atoms with Gasteiger partial charge in [-0.2, -0.15) is 0 Å². The van der Waals surface area contributed by atoms with E-state index in [1.807, 2.05) is 12.1 Å². The highest BCUT2D eigenvalue weighted by Crippen LogP contribution is 2.36. The van der Waals surface area contributed by atoms with Crippen LogP contribution in [0.5, 0.6) is 0 Å². The predicted molar refractivity (Wildman–Crippen MR) is 77.2 cm³/mol. The second kappa shape index (κ2) is 5.33. The van der Waals surface area contributed by atoms with E-state index in [-0.39, 0.29) is 0 Å². The fraction of sp³-hybridized carbons (Fsp3) is 0.467. The molecule has 1 aromatic heterocycles. The summed E-state index contributed by atoms with van der Waals surface area (Å²) in [6.45, 7) is 6.94. The molecule has 2 nitrogen and oxygen atoms in total. The summed E-state index contributed by atoms with van der Waals surface area (Å²) in [4.78, 5) is 0. The van der Waals surface area contributed by atoms with Crippen molar-refractivity contribution in [1.29, 1.82) is 0 Å². The molecule has 2 rings (SSSR count). The molecule has 0 radical (unpaired) electrons. The molecule has 3 heteroatoms. The van der Waals surface area contributed by atoms with Crippen molar-refractivity contribution < 1.29 is 5.11 Å². The van der Waals surface area contributed by atoms with Gasteiger partial charge < -0.3 is 9.67 Å². The second-order valence-corrected chi connectivity index (χ2v) is 5.21. The van der Waals surface area contributed by atoms with Gasteiger partial charge in [-0.1, -0.05) is 43.1 Å². The van der Waals surface area contributed by atoms with Gasteiger partial charge in [-0.25, -0.2) is 0 Å². The highest BCUT2D eigenvalue weighted by atomic mass is 35.5. The number of rotatable bonds is 4. The minimum atomic E-state index is -0.537. The van der Waals surface area contributed by atoms with Gasteiger partial charge in [0.1, 0.15) is 5.15 Å². The van der Waals surface area contributed by atoms with Gasteiger partial charge in [0.2, 0.25) is 0 Å². The predicted octanol–water partition coefficient (Wildman–Crippen LogP) is 4.46. The highest BCUT2D eigenvalue weighted by Gasteiger charge is 2.19. The van der Waals surface area contributed by atoms with Crippen LogP contribution in [-0.4, -0.2) is 9.67 Å². The first kappa shape index (κ1) is 13.4. The molecule has 0 saturated carbocycles. The Bertz CT molecular complexity index is 557. The summed E-state index contributed by atoms with van der Waals surface area (Å²) >= 11 is 6.46. The first-order valence-corrected chi connectivity index (χ1v) is 6.91. The normalized spacial score (nSPS) is 13.2. The molecular formula is C15H20ClNO. The summed E-state index contributed by atoms with van der Waals surface area (Å²) in [5, 5.41) is 11.7. The molecule has 0 aliphatic carbocycles. The maximum Gasteiger partial charge on any atom is 0.115 e. The van der Waals surface area contributed by atoms with E-state index in [1.165, 1.54) is 5.56 Å². The summed E-state index contributed by atoms with van der Waals surface area (Å²) in [7, 11) is 0. The maximum atomic E-state index is 9.93. The molecule has 0 amide bonds. The Labute approximate surface area is 113 Å². The third-order valence-corrected chi connectivity index (χ3v) is 3.82. The minimum Gasteiger partial charge on any atom is -0.389 e. The largest absolute Gasteiger partial charge is 0.389 e. The Morgan fingerprint density at radius 1 is 1.39 bits per heavy atom. The molecule has 0 spiro atoms. The lowest BCUT2D eigenvalue weighted by Gasteiger charge is -2.08. The molecule has 1 aromatic carbocycles. The van der Waals surface area contributed by atoms with E-state index in [0.717, 1.165) is 35.9 Å². The van der Waals surface area contributed by atoms with E-state index < -0.39 is 6.10 Å². The average Bonchev–Trinajstić information content (AvgIpc) is 2.60. The number of hydrogen-bond acceptors (Lipinski definition) is 1. The molecule has 98 valence electrons. The minimum absolute atomic E-state index is 0.537. The summed E-state index contributed by atoms with van der Waals surface area (Å²) < 4.78 is 2.14. The van der Waals surface area contributed by atoms with Crippen molar-refractivity contribution in [2.75, 3.05) is 0 Å². The number of aromatic nitrogens is 1. The maximum absolute atomic E-state index is 9.93. The monoisotopic (exact) mass is 265 g/mol. The molecule has 2 aromatic rings. The molecule has 0 aliphatic rings. The molecule has 1 unspecified atom stereocenters. The van der Waals surface area contributed by atoms with Crippen LogP contribution < -0.4 is 0 Å². The van der Waals surface area contributed by atoms with Crippen molar-refractivity contribution in [2.24, 2.45) is 0 Å². The number of para-hydroxylation sites is 1. The van der Waals surface area contributed by atoms with E-state index in [9.17, 15) is 5.11 Å². The summed E-state index contributed by atoms with van der Waals surface area (Å²) in [6, 6.07) is 6.15. The van der Waals surface area contributed by atoms with Crippen molar-refractivity contribution in [3.05, 3.63) is 34.5 Å². The number of benzene rings is 1. The van der Waals surface area contributed by atoms with E-state index in [1.54, 1.807) is 6.92 Å². The Morgan fingerprint density at radius 3 is 2.72 bits per heavy atom. The standard InChI is InChI=1S/C15H20ClNO/c1-4-5-9-17-14-10(2)7-6-8-12(14)13(11(3)18)15(17)16/h6-8,11,18H,4-5,9H2,1-3H3. The zero-order valence-corrected chi connectivity index (χ0v) is 12.0. The second-order valence-electron chi connectivity index (χ2n) is 4.86. The number of hydrogen-bond donors (Lipinski definition) is 1. The van der Waals surface area contributed by atoms with Gasteiger partial charge in [-0.3, -0.25) is 0 Å². The first-order valence-electron chi connectivity index (χ1n) is 6.53. The van der Waals surface area contributed by atoms with Gasteiger partial charge in [0.05, 0.1) is 11.6 Å². The molecule has 18 heavy (non-hydrogen) atoms. The first-order chi connectivity index (χ1) is 8.57. The molecule has 0 aliphatic heterocycles. The molecular weight excluding hydrogens is 246 g/mol. The number of aryl methyl sites for hydroxylation is 2. The average molecular weight is 266 g/mol. The summed E-state index contributed by atoms with van der Waals surface area (Å²) in [5.74, 6) is 0. The number of halogens is 1. The summed E-state index contributed by atoms with van der Waals surface area (Å²) in [5.41, 5.74) is 3.22. The van der Waals surface area contributed by atoms with Crippen molar-refractivity contribution >= 4 is 22.5 Å². The zero-order chi connectivity index (χ0) is 13.3. The number of aliphatic hydroxyl groups excluding tert-OH is 1. The van der Waals surface area contributed by atoms with Crippen molar-refractivity contribution in [3.63, 3.8) is 0 Å². The van der Waals surface area contributed by atoms with E-state index in [0.29, 0.717) is 5.15 Å². The molecule has 1 atom stereocenters. The number of nitrogens with zero attached hydrogens (tertiary/aromatic N) is 1. The smallest absolute Gasteiger partial charge is 0.115 e. The van der Waals surface area contributed by atoms with Crippen LogP contribution in [0.3, 0.4) is 0 Å². The Hall–Kier alpha value is -0.990. The zero-order valence-electron chi connectivity index (χ0n) is 11.2. The Balaban J connectivity index is 2.71. The van der Waals surface area contributed by atoms with Crippen molar-refractivity contribution in [2.45, 2.75) is 46.3 Å². The lowest BCUT2D eigenvalue weighted by atomic mass is 10.1. The topological polar surface area (TPSA) is 25.2 Å². The van der Waals surface area contributed by atoms with Crippen molar-refractivity contribution in [3.8, 4) is 0 Å². The van der Waals surface area contributed by atoms with Crippen LogP contribution >= 0.6 is 11.6 Å². The fourth-order valence-corrected chi connectivity index (χ4v) is 2.94. The van der Waals surface area contributed by atoms with E-state index in [2.05, 4.69) is 24.5 Å². The lowest BCUT2D eigenvalue weighted by molar-refractivity contribution is 0.200. The van der Waals surface area contributed by atoms with Gasteiger partial charge >= 0.3 is 0 Å². The molecule has 0 saturated heterocycles. The van der Waals surface area contributed by atoms with Crippen LogP contribution in [0, 0.1) is 6.92 Å². The van der Waals surface area contributed by atoms with Crippen molar-refractivity contribution in [1.82, 2.24) is 4.57 Å². The van der Waals surface area contributed by atoms with E-state index >= 15 is 0 Å². The third-order valence-electron chi connectivity index (χ3n) is 3.41. The molecule has 0 fully saturated rings. The van der Waals surface area contributed by atoms with Gasteiger partial charge in [-0.15, -0.1) is 0 Å². The van der Waals surface area contributed by atoms with Crippen LogP contribution in [0.2, 0.25) is 5.15 Å². The Kier molecular flexibility index (Phi) is 3.98. The Morgan fingerprint density at radius 2 is 2.11 bits per heavy atom. The van der Waals surface area contributed by atoms with Gasteiger partial charge in [0, 0.05) is 17.5 Å². The number of aliphatic hydroxyl groups is 1. The van der Waals surface area contributed by atoms with Crippen LogP contribution in [0.4, 0.5) is 0 Å². The quantitative estimate of drug-likeness (QED) is 0.868. The lowest BCUT2D eigenvalue weighted by Crippen LogP contribution is -1.99. The van der Waals surface area contributed by atoms with Crippen LogP contribution in [0.1, 0.15) is 43.9 Å². The molecule has 0 bridgehead atoms. The van der Waals surface area contributed by atoms with Gasteiger partial charge in [-0.05, 0) is 25.8 Å². The van der Waals surface area contributed by atoms with Crippen LogP contribution in [0.25, 0.3) is 10.9 Å². The SMILES string of the molecule is CCCCn1c(Cl)c(C(C)O)c2cccc(C)c21. The summed E-state index contributed by atoms with van der Waals surface area (Å²) in [6.07, 6.45) is 1.69. The van der Waals surface area contributed by atoms with Crippen LogP contribution in [-0.2, 0) is 6.54 Å². The molecule has 1 heterocycles. The van der Waals surface area contributed by atoms with Gasteiger partial charge in [0.15, 0.2) is 0 Å². The van der Waals surface area contributed by atoms with E-state index in [4.69, 9.17) is 11.6 Å². The van der Waals surface area contributed by atoms with Gasteiger partial charge in [0.25, 0.3) is 0 Å². The third kappa shape index (κ3) is 2.15. The number of unbranched alkanes of at least 4 members (excludes halogenated alkanes) is 1.